The number of ether oxygens (including phenoxy) is 3. The normalized spacial score (nSPS) is 17.6. The fraction of sp³-hybridized carbons (Fsp3) is 0.471. The highest BCUT2D eigenvalue weighted by Crippen LogP contribution is 2.49. The highest BCUT2D eigenvalue weighted by Gasteiger charge is 2.62. The van der Waals surface area contributed by atoms with E-state index in [1.54, 1.807) is 32.0 Å². The molecule has 0 fully saturated rings. The van der Waals surface area contributed by atoms with Crippen LogP contribution in [-0.4, -0.2) is 36.5 Å². The number of fused-ring (bicyclic) bond motifs is 1. The number of halogens is 1. The number of Topliss-reactive ketones (excluding diaryl/α,β-unsaturated/α-hetero) is 1. The van der Waals surface area contributed by atoms with Crippen molar-refractivity contribution in [3.63, 3.8) is 0 Å². The van der Waals surface area contributed by atoms with E-state index in [0.717, 1.165) is 4.47 Å². The van der Waals surface area contributed by atoms with Gasteiger partial charge in [0.25, 0.3) is 0 Å². The van der Waals surface area contributed by atoms with Crippen molar-refractivity contribution in [2.45, 2.75) is 38.7 Å². The molecule has 0 aliphatic carbocycles. The Labute approximate surface area is 148 Å². The minimum atomic E-state index is -2.00. The predicted molar refractivity (Wildman–Crippen MR) is 88.8 cm³/mol. The SMILES string of the molecule is CCOC(=O)C1(C(=O)OCC)Oc2ccc(Br)cc2C1CC(C)=O. The first-order valence-corrected chi connectivity index (χ1v) is 8.48. The first-order chi connectivity index (χ1) is 11.4. The van der Waals surface area contributed by atoms with Gasteiger partial charge in [-0.05, 0) is 39.0 Å². The van der Waals surface area contributed by atoms with Gasteiger partial charge in [0.05, 0.1) is 19.1 Å². The van der Waals surface area contributed by atoms with Gasteiger partial charge in [-0.15, -0.1) is 0 Å². The second-order valence-corrected chi connectivity index (χ2v) is 6.34. The monoisotopic (exact) mass is 398 g/mol. The van der Waals surface area contributed by atoms with Crippen LogP contribution in [0.5, 0.6) is 5.75 Å². The molecule has 0 saturated heterocycles. The average molecular weight is 399 g/mol. The van der Waals surface area contributed by atoms with E-state index in [0.29, 0.717) is 11.3 Å². The van der Waals surface area contributed by atoms with Gasteiger partial charge in [-0.3, -0.25) is 0 Å². The third kappa shape index (κ3) is 3.17. The van der Waals surface area contributed by atoms with Crippen LogP contribution in [0.3, 0.4) is 0 Å². The summed E-state index contributed by atoms with van der Waals surface area (Å²) in [5, 5.41) is 0. The van der Waals surface area contributed by atoms with E-state index in [4.69, 9.17) is 14.2 Å². The topological polar surface area (TPSA) is 78.9 Å². The van der Waals surface area contributed by atoms with Crippen molar-refractivity contribution in [1.29, 1.82) is 0 Å². The maximum absolute atomic E-state index is 12.7. The molecule has 1 aliphatic heterocycles. The van der Waals surface area contributed by atoms with E-state index in [-0.39, 0.29) is 25.4 Å². The molecule has 130 valence electrons. The van der Waals surface area contributed by atoms with Crippen molar-refractivity contribution in [3.05, 3.63) is 28.2 Å². The Balaban J connectivity index is 2.61. The molecule has 1 aromatic carbocycles. The molecule has 0 radical (unpaired) electrons. The zero-order valence-corrected chi connectivity index (χ0v) is 15.3. The highest BCUT2D eigenvalue weighted by molar-refractivity contribution is 9.10. The standard InChI is InChI=1S/C17H19BrO6/c1-4-22-15(20)17(16(21)23-5-2)13(8-10(3)19)12-9-11(18)6-7-14(12)24-17/h6-7,9,13H,4-5,8H2,1-3H3. The van der Waals surface area contributed by atoms with Crippen LogP contribution >= 0.6 is 15.9 Å². The maximum Gasteiger partial charge on any atom is 0.363 e. The minimum absolute atomic E-state index is 0.0406. The van der Waals surface area contributed by atoms with Gasteiger partial charge in [-0.1, -0.05) is 15.9 Å². The van der Waals surface area contributed by atoms with Crippen LogP contribution in [0.25, 0.3) is 0 Å². The van der Waals surface area contributed by atoms with Crippen molar-refractivity contribution in [1.82, 2.24) is 0 Å². The third-order valence-corrected chi connectivity index (χ3v) is 4.25. The molecule has 0 saturated carbocycles. The van der Waals surface area contributed by atoms with E-state index < -0.39 is 23.5 Å². The van der Waals surface area contributed by atoms with E-state index in [2.05, 4.69) is 15.9 Å². The lowest BCUT2D eigenvalue weighted by atomic mass is 9.80. The summed E-state index contributed by atoms with van der Waals surface area (Å²) in [5.41, 5.74) is -1.40. The van der Waals surface area contributed by atoms with Crippen LogP contribution in [0.4, 0.5) is 0 Å². The Morgan fingerprint density at radius 3 is 2.25 bits per heavy atom. The fourth-order valence-electron chi connectivity index (χ4n) is 2.82. The van der Waals surface area contributed by atoms with Gasteiger partial charge in [0.15, 0.2) is 0 Å². The summed E-state index contributed by atoms with van der Waals surface area (Å²) in [6, 6.07) is 5.12. The predicted octanol–water partition coefficient (Wildman–Crippen LogP) is 2.77. The maximum atomic E-state index is 12.7. The molecule has 24 heavy (non-hydrogen) atoms. The summed E-state index contributed by atoms with van der Waals surface area (Å²) < 4.78 is 16.7. The van der Waals surface area contributed by atoms with Gasteiger partial charge in [0.1, 0.15) is 11.5 Å². The molecule has 0 N–H and O–H groups in total. The molecule has 0 amide bonds. The van der Waals surface area contributed by atoms with Gasteiger partial charge >= 0.3 is 17.5 Å². The Morgan fingerprint density at radius 2 is 1.75 bits per heavy atom. The Kier molecular flexibility index (Phi) is 5.64. The molecule has 0 aromatic heterocycles. The summed E-state index contributed by atoms with van der Waals surface area (Å²) in [6.07, 6.45) is -0.0406. The van der Waals surface area contributed by atoms with E-state index >= 15 is 0 Å². The Hall–Kier alpha value is -1.89. The molecule has 0 spiro atoms. The Bertz CT molecular complexity index is 651. The molecule has 0 bridgehead atoms. The molecule has 1 aliphatic rings. The number of carbonyl (C=O) groups is 3. The summed E-state index contributed by atoms with van der Waals surface area (Å²) >= 11 is 3.36. The van der Waals surface area contributed by atoms with Crippen molar-refractivity contribution < 1.29 is 28.6 Å². The van der Waals surface area contributed by atoms with E-state index in [1.165, 1.54) is 6.92 Å². The lowest BCUT2D eigenvalue weighted by molar-refractivity contribution is -0.180. The number of hydrogen-bond acceptors (Lipinski definition) is 6. The Morgan fingerprint density at radius 1 is 1.17 bits per heavy atom. The van der Waals surface area contributed by atoms with Crippen molar-refractivity contribution in [2.75, 3.05) is 13.2 Å². The lowest BCUT2D eigenvalue weighted by Gasteiger charge is -2.29. The molecular weight excluding hydrogens is 380 g/mol. The number of benzene rings is 1. The van der Waals surface area contributed by atoms with Crippen LogP contribution in [-0.2, 0) is 23.9 Å². The number of carbonyl (C=O) groups excluding carboxylic acids is 3. The van der Waals surface area contributed by atoms with Gasteiger partial charge in [-0.25, -0.2) is 9.59 Å². The summed E-state index contributed by atoms with van der Waals surface area (Å²) in [7, 11) is 0. The molecule has 1 aromatic rings. The van der Waals surface area contributed by atoms with Gasteiger partial charge < -0.3 is 19.0 Å². The number of esters is 2. The van der Waals surface area contributed by atoms with E-state index in [1.807, 2.05) is 0 Å². The zero-order valence-electron chi connectivity index (χ0n) is 13.8. The first kappa shape index (κ1) is 18.4. The van der Waals surface area contributed by atoms with Crippen molar-refractivity contribution >= 4 is 33.7 Å². The van der Waals surface area contributed by atoms with Crippen LogP contribution in [0, 0.1) is 0 Å². The summed E-state index contributed by atoms with van der Waals surface area (Å²) in [4.78, 5) is 37.1. The molecule has 2 rings (SSSR count). The van der Waals surface area contributed by atoms with Crippen LogP contribution in [0.1, 0.15) is 38.7 Å². The smallest absolute Gasteiger partial charge is 0.363 e. The van der Waals surface area contributed by atoms with Crippen LogP contribution in [0.15, 0.2) is 22.7 Å². The minimum Gasteiger partial charge on any atom is -0.463 e. The van der Waals surface area contributed by atoms with Gasteiger partial charge in [0, 0.05) is 16.5 Å². The second-order valence-electron chi connectivity index (χ2n) is 5.42. The van der Waals surface area contributed by atoms with Crippen molar-refractivity contribution in [2.24, 2.45) is 0 Å². The summed E-state index contributed by atoms with van der Waals surface area (Å²) in [5.74, 6) is -2.30. The molecule has 1 heterocycles. The molecule has 6 nitrogen and oxygen atoms in total. The second kappa shape index (κ2) is 7.34. The molecule has 7 heteroatoms. The first-order valence-electron chi connectivity index (χ1n) is 7.69. The van der Waals surface area contributed by atoms with E-state index in [9.17, 15) is 14.4 Å². The quantitative estimate of drug-likeness (QED) is 0.541. The highest BCUT2D eigenvalue weighted by atomic mass is 79.9. The van der Waals surface area contributed by atoms with Crippen molar-refractivity contribution in [3.8, 4) is 5.75 Å². The number of hydrogen-bond donors (Lipinski definition) is 0. The summed E-state index contributed by atoms with van der Waals surface area (Å²) in [6.45, 7) is 4.83. The number of ketones is 1. The largest absolute Gasteiger partial charge is 0.463 e. The van der Waals surface area contributed by atoms with Gasteiger partial charge in [-0.2, -0.15) is 0 Å². The third-order valence-electron chi connectivity index (χ3n) is 3.76. The van der Waals surface area contributed by atoms with Crippen LogP contribution in [0.2, 0.25) is 0 Å². The zero-order chi connectivity index (χ0) is 17.9. The fourth-order valence-corrected chi connectivity index (χ4v) is 3.20. The van der Waals surface area contributed by atoms with Gasteiger partial charge in [0.2, 0.25) is 0 Å². The molecule has 1 unspecified atom stereocenters. The lowest BCUT2D eigenvalue weighted by Crippen LogP contribution is -2.55. The molecule has 1 atom stereocenters. The average Bonchev–Trinajstić information content (AvgIpc) is 2.82. The number of rotatable bonds is 6. The molecular formula is C17H19BrO6. The van der Waals surface area contributed by atoms with Crippen LogP contribution < -0.4 is 4.74 Å².